The predicted octanol–water partition coefficient (Wildman–Crippen LogP) is -3.17. The van der Waals surface area contributed by atoms with Gasteiger partial charge in [-0.05, 0) is 113 Å². The van der Waals surface area contributed by atoms with Gasteiger partial charge in [-0.3, -0.25) is 62.3 Å². The molecular formula is C66H102N14O19. The number of rotatable bonds is 43. The van der Waals surface area contributed by atoms with E-state index >= 15 is 0 Å². The fourth-order valence-corrected chi connectivity index (χ4v) is 10.7. The molecule has 21 N–H and O–H groups in total. The number of carboxylic acids is 2. The molecule has 1 heterocycles. The molecule has 99 heavy (non-hydrogen) atoms. The van der Waals surface area contributed by atoms with E-state index in [1.807, 2.05) is 0 Å². The third-order valence-electron chi connectivity index (χ3n) is 16.5. The predicted molar refractivity (Wildman–Crippen MR) is 358 cm³/mol. The number of aliphatic carboxylic acids is 2. The van der Waals surface area contributed by atoms with Crippen LogP contribution in [-0.2, 0) is 80.0 Å². The average Bonchev–Trinajstić information content (AvgIpc) is 1.79. The number of nitrogens with two attached hydrogens (primary N) is 3. The highest BCUT2D eigenvalue weighted by Crippen LogP contribution is 2.21. The van der Waals surface area contributed by atoms with E-state index in [1.165, 1.54) is 36.1 Å². The van der Waals surface area contributed by atoms with Crippen LogP contribution in [0.15, 0.2) is 54.6 Å². The van der Waals surface area contributed by atoms with Crippen LogP contribution < -0.4 is 70.4 Å². The van der Waals surface area contributed by atoms with E-state index in [0.29, 0.717) is 43.4 Å². The number of likely N-dealkylation sites (tertiary alicyclic amines) is 1. The van der Waals surface area contributed by atoms with Gasteiger partial charge in [0.15, 0.2) is 0 Å². The number of benzene rings is 2. The Morgan fingerprint density at radius 2 is 1.03 bits per heavy atom. The molecule has 0 radical (unpaired) electrons. The Bertz CT molecular complexity index is 3080. The molecule has 550 valence electrons. The Morgan fingerprint density at radius 1 is 0.556 bits per heavy atom. The second-order valence-corrected chi connectivity index (χ2v) is 25.8. The van der Waals surface area contributed by atoms with Crippen molar-refractivity contribution in [3.63, 3.8) is 0 Å². The molecule has 0 aliphatic carbocycles. The summed E-state index contributed by atoms with van der Waals surface area (Å²) in [5.41, 5.74) is 17.9. The molecule has 12 amide bonds. The number of carbonyl (C=O) groups is 14. The highest BCUT2D eigenvalue weighted by atomic mass is 16.4. The van der Waals surface area contributed by atoms with Gasteiger partial charge in [0.25, 0.3) is 0 Å². The molecular weight excluding hydrogens is 1290 g/mol. The first-order valence-electron chi connectivity index (χ1n) is 33.2. The van der Waals surface area contributed by atoms with Gasteiger partial charge in [-0.15, -0.1) is 0 Å². The second-order valence-electron chi connectivity index (χ2n) is 25.8. The minimum absolute atomic E-state index is 0.0150. The van der Waals surface area contributed by atoms with E-state index in [1.54, 1.807) is 71.9 Å². The van der Waals surface area contributed by atoms with Crippen molar-refractivity contribution < 1.29 is 92.7 Å². The van der Waals surface area contributed by atoms with Gasteiger partial charge in [0.1, 0.15) is 72.2 Å². The van der Waals surface area contributed by atoms with E-state index in [2.05, 4.69) is 53.2 Å². The molecule has 0 saturated carbocycles. The van der Waals surface area contributed by atoms with Crippen LogP contribution in [0.5, 0.6) is 5.75 Å². The van der Waals surface area contributed by atoms with Gasteiger partial charge in [0, 0.05) is 25.8 Å². The second kappa shape index (κ2) is 41.8. The van der Waals surface area contributed by atoms with Gasteiger partial charge in [-0.25, -0.2) is 4.79 Å². The monoisotopic (exact) mass is 1390 g/mol. The molecule has 1 aliphatic rings. The number of hydrogen-bond acceptors (Lipinski definition) is 19. The standard InChI is InChI=1S/C66H102N14O19/c1-9-36(6)53(63(95)71-43(66(98)99)18-13-14-26-67)78-60(92)45(29-35(4)5)73-61(93)49(33-81)77-59(91)48(32-52(85)86)76-64(96)54(38(8)82)79-55(87)37(7)70-56(88)46(30-39-16-11-10-12-17-39)74-57(89)44(28-34(2)3)72-58(90)47(31-40-20-22-41(83)23-21-40)75-62(94)50-19-15-27-80(50)65(97)42(68)24-25-51(69)84/h10-12,16-17,20-23,34-38,42-50,53-54,81-83H,9,13-15,18-19,24-33,67-68H2,1-8H3,(H2,69,84)(H,70,88)(H,71,95)(H,72,90)(H,73,93)(H,74,89)(H,75,94)(H,76,96)(H,77,91)(H,78,92)(H,79,87)(H,85,86)(H,98,99)/t36-,37-,38+,42-,43-,44-,45-,46-,47-,48-,49-,50-,53-,54-/m0/s1. The zero-order valence-corrected chi connectivity index (χ0v) is 57.4. The fourth-order valence-electron chi connectivity index (χ4n) is 10.7. The van der Waals surface area contributed by atoms with Crippen LogP contribution in [-0.4, -0.2) is 212 Å². The number of nitrogens with zero attached hydrogens (tertiary/aromatic N) is 1. The Kier molecular flexibility index (Phi) is 35.4. The highest BCUT2D eigenvalue weighted by molar-refractivity contribution is 6.00. The smallest absolute Gasteiger partial charge is 0.326 e. The lowest BCUT2D eigenvalue weighted by molar-refractivity contribution is -0.143. The minimum Gasteiger partial charge on any atom is -0.508 e. The molecule has 0 unspecified atom stereocenters. The summed E-state index contributed by atoms with van der Waals surface area (Å²) in [6.07, 6.45) is -1.69. The number of aromatic hydroxyl groups is 1. The molecule has 1 fully saturated rings. The number of amides is 12. The van der Waals surface area contributed by atoms with Crippen LogP contribution in [0.25, 0.3) is 0 Å². The Labute approximate surface area is 575 Å². The lowest BCUT2D eigenvalue weighted by Crippen LogP contribution is -2.62. The van der Waals surface area contributed by atoms with Gasteiger partial charge in [0.05, 0.1) is 25.2 Å². The molecule has 2 aromatic rings. The van der Waals surface area contributed by atoms with Crippen molar-refractivity contribution in [3.8, 4) is 5.75 Å². The van der Waals surface area contributed by atoms with Gasteiger partial charge < -0.3 is 101 Å². The van der Waals surface area contributed by atoms with Crippen LogP contribution in [0.1, 0.15) is 137 Å². The summed E-state index contributed by atoms with van der Waals surface area (Å²) in [4.78, 5) is 191. The number of unbranched alkanes of at least 4 members (excludes halogenated alkanes) is 1. The zero-order valence-electron chi connectivity index (χ0n) is 57.4. The highest BCUT2D eigenvalue weighted by Gasteiger charge is 2.41. The molecule has 2 aromatic carbocycles. The summed E-state index contributed by atoms with van der Waals surface area (Å²) in [5, 5.41) is 75.4. The lowest BCUT2D eigenvalue weighted by atomic mass is 9.96. The van der Waals surface area contributed by atoms with E-state index in [0.717, 1.165) is 6.92 Å². The first kappa shape index (κ1) is 83.9. The number of primary amides is 1. The summed E-state index contributed by atoms with van der Waals surface area (Å²) >= 11 is 0. The van der Waals surface area contributed by atoms with Gasteiger partial charge in [0.2, 0.25) is 70.9 Å². The number of aliphatic hydroxyl groups excluding tert-OH is 2. The van der Waals surface area contributed by atoms with Crippen molar-refractivity contribution in [1.29, 1.82) is 0 Å². The number of hydrogen-bond donors (Lipinski definition) is 18. The van der Waals surface area contributed by atoms with E-state index in [9.17, 15) is 92.7 Å². The maximum absolute atomic E-state index is 14.5. The van der Waals surface area contributed by atoms with Gasteiger partial charge in [-0.2, -0.15) is 0 Å². The number of phenolic OH excluding ortho intramolecular Hbond substituents is 1. The SMILES string of the molecule is CC[C@H](C)[C@H](NC(=O)[C@H](CC(C)C)NC(=O)[C@H](CO)NC(=O)[C@H](CC(=O)O)NC(=O)[C@@H](NC(=O)[C@H](C)NC(=O)[C@H](Cc1ccccc1)NC(=O)[C@H](CC(C)C)NC(=O)[C@H](Cc1ccc(O)cc1)NC(=O)[C@@H]1CCCN1C(=O)[C@@H](N)CCC(N)=O)[C@@H](C)O)C(=O)N[C@@H](CCCCN)C(=O)O. The maximum atomic E-state index is 14.5. The topological polar surface area (TPSA) is 542 Å². The molecule has 1 aliphatic heterocycles. The first-order valence-corrected chi connectivity index (χ1v) is 33.2. The van der Waals surface area contributed by atoms with Gasteiger partial charge >= 0.3 is 11.9 Å². The summed E-state index contributed by atoms with van der Waals surface area (Å²) in [5.74, 6) is -15.5. The molecule has 14 atom stereocenters. The number of carbonyl (C=O) groups excluding carboxylic acids is 12. The summed E-state index contributed by atoms with van der Waals surface area (Å²) in [6.45, 7) is 11.9. The summed E-state index contributed by atoms with van der Waals surface area (Å²) in [6, 6.07) is -3.89. The van der Waals surface area contributed by atoms with Crippen LogP contribution in [0.3, 0.4) is 0 Å². The largest absolute Gasteiger partial charge is 0.508 e. The normalized spacial score (nSPS) is 16.7. The van der Waals surface area contributed by atoms with Crippen molar-refractivity contribution in [2.24, 2.45) is 35.0 Å². The van der Waals surface area contributed by atoms with Crippen molar-refractivity contribution in [2.45, 2.75) is 217 Å². The zero-order chi connectivity index (χ0) is 74.4. The van der Waals surface area contributed by atoms with E-state index in [-0.39, 0.29) is 75.5 Å². The number of phenols is 1. The third kappa shape index (κ3) is 28.6. The average molecular weight is 1400 g/mol. The lowest BCUT2D eigenvalue weighted by Gasteiger charge is -2.29. The molecule has 0 bridgehead atoms. The molecule has 1 saturated heterocycles. The Hall–Kier alpha value is -9.34. The summed E-state index contributed by atoms with van der Waals surface area (Å²) < 4.78 is 0. The van der Waals surface area contributed by atoms with Crippen LogP contribution in [0, 0.1) is 17.8 Å². The minimum atomic E-state index is -2.07. The molecule has 3 rings (SSSR count). The molecule has 0 spiro atoms. The first-order chi connectivity index (χ1) is 46.6. The third-order valence-corrected chi connectivity index (χ3v) is 16.5. The number of aliphatic hydroxyl groups is 2. The van der Waals surface area contributed by atoms with E-state index < -0.39 is 180 Å². The Balaban J connectivity index is 1.84. The van der Waals surface area contributed by atoms with Crippen LogP contribution >= 0.6 is 0 Å². The fraction of sp³-hybridized carbons (Fsp3) is 0.606. The van der Waals surface area contributed by atoms with Crippen molar-refractivity contribution >= 4 is 82.8 Å². The summed E-state index contributed by atoms with van der Waals surface area (Å²) in [7, 11) is 0. The number of nitrogens with one attached hydrogen (secondary N) is 10. The Morgan fingerprint density at radius 3 is 1.56 bits per heavy atom. The number of carboxylic acid groups (broad SMARTS) is 2. The van der Waals surface area contributed by atoms with Crippen LogP contribution in [0.2, 0.25) is 0 Å². The maximum Gasteiger partial charge on any atom is 0.326 e. The van der Waals surface area contributed by atoms with Gasteiger partial charge in [-0.1, -0.05) is 90.4 Å². The van der Waals surface area contributed by atoms with Crippen molar-refractivity contribution in [2.75, 3.05) is 19.7 Å². The van der Waals surface area contributed by atoms with E-state index in [4.69, 9.17) is 17.2 Å². The molecule has 0 aromatic heterocycles. The quantitative estimate of drug-likeness (QED) is 0.0291. The van der Waals surface area contributed by atoms with Crippen LogP contribution in [0.4, 0.5) is 0 Å². The molecule has 33 heteroatoms. The molecule has 33 nitrogen and oxygen atoms in total. The van der Waals surface area contributed by atoms with Crippen molar-refractivity contribution in [3.05, 3.63) is 65.7 Å². The van der Waals surface area contributed by atoms with Crippen molar-refractivity contribution in [1.82, 2.24) is 58.1 Å².